The second kappa shape index (κ2) is 7.11. The van der Waals surface area contributed by atoms with E-state index in [4.69, 9.17) is 9.84 Å². The average Bonchev–Trinajstić information content (AvgIpc) is 2.53. The maximum absolute atomic E-state index is 11.8. The summed E-state index contributed by atoms with van der Waals surface area (Å²) in [5.74, 6) is -0.894. The van der Waals surface area contributed by atoms with E-state index in [1.165, 1.54) is 0 Å². The van der Waals surface area contributed by atoms with Crippen molar-refractivity contribution in [1.29, 1.82) is 0 Å². The second-order valence-electron chi connectivity index (χ2n) is 4.34. The van der Waals surface area contributed by atoms with Gasteiger partial charge in [-0.3, -0.25) is 4.79 Å². The molecule has 1 unspecified atom stereocenters. The summed E-state index contributed by atoms with van der Waals surface area (Å²) in [6.07, 6.45) is 0.918. The fourth-order valence-electron chi connectivity index (χ4n) is 1.69. The van der Waals surface area contributed by atoms with Crippen molar-refractivity contribution in [2.45, 2.75) is 19.8 Å². The molecular weight excluding hydrogens is 224 g/mol. The van der Waals surface area contributed by atoms with Crippen LogP contribution in [0.4, 0.5) is 4.79 Å². The molecule has 0 aromatic carbocycles. The van der Waals surface area contributed by atoms with E-state index in [1.54, 1.807) is 11.8 Å². The Morgan fingerprint density at radius 2 is 2.18 bits per heavy atom. The third-order valence-electron chi connectivity index (χ3n) is 2.63. The molecule has 1 atom stereocenters. The van der Waals surface area contributed by atoms with Gasteiger partial charge in [0.05, 0.1) is 6.61 Å². The Hall–Kier alpha value is -1.30. The van der Waals surface area contributed by atoms with E-state index >= 15 is 0 Å². The Labute approximate surface area is 101 Å². The van der Waals surface area contributed by atoms with Gasteiger partial charge < -0.3 is 20.1 Å². The van der Waals surface area contributed by atoms with Gasteiger partial charge in [0.25, 0.3) is 0 Å². The molecule has 0 saturated carbocycles. The normalized spacial score (nSPS) is 18.3. The fourth-order valence-corrected chi connectivity index (χ4v) is 1.69. The lowest BCUT2D eigenvalue weighted by Gasteiger charge is -2.21. The van der Waals surface area contributed by atoms with Crippen LogP contribution in [-0.2, 0) is 9.53 Å². The summed E-state index contributed by atoms with van der Waals surface area (Å²) in [7, 11) is 0. The van der Waals surface area contributed by atoms with Crippen LogP contribution in [-0.4, -0.2) is 54.9 Å². The molecule has 1 rings (SSSR count). The van der Waals surface area contributed by atoms with E-state index in [0.717, 1.165) is 6.42 Å². The van der Waals surface area contributed by atoms with Crippen molar-refractivity contribution < 1.29 is 19.4 Å². The lowest BCUT2D eigenvalue weighted by molar-refractivity contribution is -0.137. The summed E-state index contributed by atoms with van der Waals surface area (Å²) < 4.78 is 5.25. The van der Waals surface area contributed by atoms with E-state index in [-0.39, 0.29) is 18.4 Å². The third kappa shape index (κ3) is 5.53. The number of carbonyl (C=O) groups is 2. The minimum absolute atomic E-state index is 0.0559. The zero-order valence-electron chi connectivity index (χ0n) is 10.1. The summed E-state index contributed by atoms with van der Waals surface area (Å²) in [4.78, 5) is 23.9. The standard InChI is InChI=1S/C11H20N2O4/c1-9(7-10(14)15)8-12-11(16)13-3-2-5-17-6-4-13/h9H,2-8H2,1H3,(H,12,16)(H,14,15). The first-order valence-corrected chi connectivity index (χ1v) is 5.92. The molecule has 0 aliphatic carbocycles. The van der Waals surface area contributed by atoms with Gasteiger partial charge in [-0.1, -0.05) is 6.92 Å². The van der Waals surface area contributed by atoms with E-state index in [9.17, 15) is 9.59 Å². The summed E-state index contributed by atoms with van der Waals surface area (Å²) >= 11 is 0. The van der Waals surface area contributed by atoms with Gasteiger partial charge in [-0.05, 0) is 12.3 Å². The predicted molar refractivity (Wildman–Crippen MR) is 61.8 cm³/mol. The highest BCUT2D eigenvalue weighted by Crippen LogP contribution is 2.02. The van der Waals surface area contributed by atoms with Gasteiger partial charge in [-0.2, -0.15) is 0 Å². The molecule has 2 N–H and O–H groups in total. The molecule has 0 spiro atoms. The number of rotatable bonds is 4. The maximum atomic E-state index is 11.8. The van der Waals surface area contributed by atoms with Crippen LogP contribution in [0.1, 0.15) is 19.8 Å². The van der Waals surface area contributed by atoms with Crippen LogP contribution in [0, 0.1) is 5.92 Å². The number of nitrogens with one attached hydrogen (secondary N) is 1. The summed E-state index contributed by atoms with van der Waals surface area (Å²) in [6, 6.07) is -0.132. The van der Waals surface area contributed by atoms with E-state index < -0.39 is 5.97 Å². The largest absolute Gasteiger partial charge is 0.481 e. The minimum Gasteiger partial charge on any atom is -0.481 e. The monoisotopic (exact) mass is 244 g/mol. The van der Waals surface area contributed by atoms with Crippen molar-refractivity contribution >= 4 is 12.0 Å². The first-order chi connectivity index (χ1) is 8.09. The SMILES string of the molecule is CC(CNC(=O)N1CCCOCC1)CC(=O)O. The van der Waals surface area contributed by atoms with Crippen LogP contribution >= 0.6 is 0 Å². The number of urea groups is 1. The number of nitrogens with zero attached hydrogens (tertiary/aromatic N) is 1. The Balaban J connectivity index is 2.25. The molecule has 1 aliphatic rings. The van der Waals surface area contributed by atoms with Crippen LogP contribution < -0.4 is 5.32 Å². The van der Waals surface area contributed by atoms with Crippen molar-refractivity contribution in [3.05, 3.63) is 0 Å². The number of carboxylic acid groups (broad SMARTS) is 1. The van der Waals surface area contributed by atoms with Crippen molar-refractivity contribution in [1.82, 2.24) is 10.2 Å². The minimum atomic E-state index is -0.838. The van der Waals surface area contributed by atoms with Gasteiger partial charge in [0.15, 0.2) is 0 Å². The van der Waals surface area contributed by atoms with E-state index in [1.807, 2.05) is 0 Å². The van der Waals surface area contributed by atoms with Gasteiger partial charge in [0.2, 0.25) is 0 Å². The smallest absolute Gasteiger partial charge is 0.317 e. The molecule has 2 amide bonds. The Morgan fingerprint density at radius 1 is 1.41 bits per heavy atom. The lowest BCUT2D eigenvalue weighted by Crippen LogP contribution is -2.42. The van der Waals surface area contributed by atoms with Gasteiger partial charge in [0.1, 0.15) is 0 Å². The zero-order chi connectivity index (χ0) is 12.7. The van der Waals surface area contributed by atoms with Crippen molar-refractivity contribution in [3.63, 3.8) is 0 Å². The number of amides is 2. The second-order valence-corrected chi connectivity index (χ2v) is 4.34. The average molecular weight is 244 g/mol. The quantitative estimate of drug-likeness (QED) is 0.756. The van der Waals surface area contributed by atoms with Gasteiger partial charge in [-0.25, -0.2) is 4.79 Å². The zero-order valence-corrected chi connectivity index (χ0v) is 10.1. The molecule has 1 heterocycles. The molecule has 1 fully saturated rings. The molecule has 6 heteroatoms. The number of hydrogen-bond donors (Lipinski definition) is 2. The predicted octanol–water partition coefficient (Wildman–Crippen LogP) is 0.529. The molecule has 1 saturated heterocycles. The molecule has 1 aliphatic heterocycles. The summed E-state index contributed by atoms with van der Waals surface area (Å²) in [6.45, 7) is 4.75. The summed E-state index contributed by atoms with van der Waals surface area (Å²) in [5.41, 5.74) is 0. The topological polar surface area (TPSA) is 78.9 Å². The van der Waals surface area contributed by atoms with Crippen molar-refractivity contribution in [2.75, 3.05) is 32.8 Å². The van der Waals surface area contributed by atoms with Gasteiger partial charge in [0, 0.05) is 32.7 Å². The number of carbonyl (C=O) groups excluding carboxylic acids is 1. The van der Waals surface area contributed by atoms with Gasteiger partial charge >= 0.3 is 12.0 Å². The Bertz CT molecular complexity index is 262. The summed E-state index contributed by atoms with van der Waals surface area (Å²) in [5, 5.41) is 11.3. The van der Waals surface area contributed by atoms with Crippen molar-refractivity contribution in [2.24, 2.45) is 5.92 Å². The van der Waals surface area contributed by atoms with Crippen LogP contribution in [0.3, 0.4) is 0 Å². The Kier molecular flexibility index (Phi) is 5.76. The lowest BCUT2D eigenvalue weighted by atomic mass is 10.1. The highest BCUT2D eigenvalue weighted by atomic mass is 16.5. The highest BCUT2D eigenvalue weighted by Gasteiger charge is 2.16. The van der Waals surface area contributed by atoms with Crippen LogP contribution in [0.25, 0.3) is 0 Å². The van der Waals surface area contributed by atoms with Crippen LogP contribution in [0.15, 0.2) is 0 Å². The van der Waals surface area contributed by atoms with E-state index in [0.29, 0.717) is 32.8 Å². The van der Waals surface area contributed by atoms with Crippen LogP contribution in [0.5, 0.6) is 0 Å². The molecule has 0 aromatic heterocycles. The third-order valence-corrected chi connectivity index (χ3v) is 2.63. The molecule has 6 nitrogen and oxygen atoms in total. The molecule has 0 bridgehead atoms. The molecule has 98 valence electrons. The molecular formula is C11H20N2O4. The molecule has 0 aromatic rings. The number of ether oxygens (including phenoxy) is 1. The Morgan fingerprint density at radius 3 is 2.88 bits per heavy atom. The maximum Gasteiger partial charge on any atom is 0.317 e. The first-order valence-electron chi connectivity index (χ1n) is 5.92. The highest BCUT2D eigenvalue weighted by molar-refractivity contribution is 5.74. The number of carboxylic acids is 1. The van der Waals surface area contributed by atoms with Crippen LogP contribution in [0.2, 0.25) is 0 Å². The fraction of sp³-hybridized carbons (Fsp3) is 0.818. The van der Waals surface area contributed by atoms with Crippen molar-refractivity contribution in [3.8, 4) is 0 Å². The first kappa shape index (κ1) is 13.8. The molecule has 0 radical (unpaired) electrons. The number of aliphatic carboxylic acids is 1. The number of hydrogen-bond acceptors (Lipinski definition) is 3. The van der Waals surface area contributed by atoms with E-state index in [2.05, 4.69) is 5.32 Å². The van der Waals surface area contributed by atoms with Gasteiger partial charge in [-0.15, -0.1) is 0 Å². The molecule has 17 heavy (non-hydrogen) atoms.